The van der Waals surface area contributed by atoms with Crippen molar-refractivity contribution in [2.75, 3.05) is 39.3 Å². The van der Waals surface area contributed by atoms with Crippen molar-refractivity contribution < 1.29 is 14.0 Å². The lowest BCUT2D eigenvalue weighted by molar-refractivity contribution is -0.132. The van der Waals surface area contributed by atoms with E-state index in [0.29, 0.717) is 13.0 Å². The number of aryl methyl sites for hydroxylation is 1. The van der Waals surface area contributed by atoms with Gasteiger partial charge in [0.1, 0.15) is 5.82 Å². The average molecular weight is 335 g/mol. The summed E-state index contributed by atoms with van der Waals surface area (Å²) >= 11 is 0. The zero-order valence-corrected chi connectivity index (χ0v) is 14.3. The molecule has 1 aliphatic heterocycles. The third kappa shape index (κ3) is 5.92. The van der Waals surface area contributed by atoms with Gasteiger partial charge in [-0.15, -0.1) is 0 Å². The molecule has 24 heavy (non-hydrogen) atoms. The standard InChI is InChI=1S/C18H26FN3O2/c1-15(23)20-9-8-18(24)22-13-11-21(12-14-22)10-4-6-16-5-2-3-7-17(16)19/h2-3,5,7H,4,6,8-14H2,1H3,(H,20,23). The SMILES string of the molecule is CC(=O)NCCC(=O)N1CCN(CCCc2ccccc2F)CC1. The molecule has 0 saturated carbocycles. The van der Waals surface area contributed by atoms with E-state index in [4.69, 9.17) is 0 Å². The summed E-state index contributed by atoms with van der Waals surface area (Å²) in [6.07, 6.45) is 2.01. The van der Waals surface area contributed by atoms with Crippen LogP contribution in [0.2, 0.25) is 0 Å². The third-order valence-electron chi connectivity index (χ3n) is 4.32. The molecule has 0 aliphatic carbocycles. The van der Waals surface area contributed by atoms with E-state index in [1.807, 2.05) is 17.0 Å². The van der Waals surface area contributed by atoms with Crippen LogP contribution < -0.4 is 5.32 Å². The van der Waals surface area contributed by atoms with Crippen LogP contribution in [0.25, 0.3) is 0 Å². The smallest absolute Gasteiger partial charge is 0.224 e. The van der Waals surface area contributed by atoms with Crippen LogP contribution in [0.3, 0.4) is 0 Å². The first-order valence-corrected chi connectivity index (χ1v) is 8.54. The number of amides is 2. The van der Waals surface area contributed by atoms with Crippen molar-refractivity contribution >= 4 is 11.8 Å². The zero-order valence-electron chi connectivity index (χ0n) is 14.3. The number of rotatable bonds is 7. The van der Waals surface area contributed by atoms with Crippen molar-refractivity contribution in [3.8, 4) is 0 Å². The van der Waals surface area contributed by atoms with Crippen molar-refractivity contribution in [2.45, 2.75) is 26.2 Å². The Morgan fingerprint density at radius 1 is 1.17 bits per heavy atom. The van der Waals surface area contributed by atoms with Gasteiger partial charge in [-0.25, -0.2) is 4.39 Å². The molecule has 0 unspecified atom stereocenters. The maximum Gasteiger partial charge on any atom is 0.224 e. The van der Waals surface area contributed by atoms with Gasteiger partial charge in [0.15, 0.2) is 0 Å². The normalized spacial score (nSPS) is 15.3. The van der Waals surface area contributed by atoms with Crippen LogP contribution in [0, 0.1) is 5.82 Å². The predicted octanol–water partition coefficient (Wildman–Crippen LogP) is 1.43. The maximum absolute atomic E-state index is 13.6. The van der Waals surface area contributed by atoms with Crippen LogP contribution in [-0.2, 0) is 16.0 Å². The molecule has 1 heterocycles. The number of benzene rings is 1. The second-order valence-electron chi connectivity index (χ2n) is 6.15. The van der Waals surface area contributed by atoms with E-state index < -0.39 is 0 Å². The summed E-state index contributed by atoms with van der Waals surface area (Å²) in [5.74, 6) is -0.149. The van der Waals surface area contributed by atoms with Crippen molar-refractivity contribution in [3.63, 3.8) is 0 Å². The minimum Gasteiger partial charge on any atom is -0.356 e. The molecule has 1 aromatic rings. The summed E-state index contributed by atoms with van der Waals surface area (Å²) in [7, 11) is 0. The third-order valence-corrected chi connectivity index (χ3v) is 4.32. The first-order chi connectivity index (χ1) is 11.6. The summed E-state index contributed by atoms with van der Waals surface area (Å²) in [5, 5.41) is 2.64. The molecule has 2 amide bonds. The van der Waals surface area contributed by atoms with Crippen LogP contribution in [0.5, 0.6) is 0 Å². The Hall–Kier alpha value is -1.95. The van der Waals surface area contributed by atoms with Gasteiger partial charge < -0.3 is 10.2 Å². The van der Waals surface area contributed by atoms with Gasteiger partial charge in [0.25, 0.3) is 0 Å². The van der Waals surface area contributed by atoms with Crippen LogP contribution in [0.1, 0.15) is 25.3 Å². The van der Waals surface area contributed by atoms with Crippen molar-refractivity contribution in [2.24, 2.45) is 0 Å². The molecule has 6 heteroatoms. The molecule has 0 atom stereocenters. The fourth-order valence-corrected chi connectivity index (χ4v) is 2.92. The van der Waals surface area contributed by atoms with E-state index >= 15 is 0 Å². The van der Waals surface area contributed by atoms with Gasteiger partial charge in [0.2, 0.25) is 11.8 Å². The highest BCUT2D eigenvalue weighted by Crippen LogP contribution is 2.10. The van der Waals surface area contributed by atoms with Crippen molar-refractivity contribution in [1.29, 1.82) is 0 Å². The van der Waals surface area contributed by atoms with Gasteiger partial charge in [-0.2, -0.15) is 0 Å². The van der Waals surface area contributed by atoms with Gasteiger partial charge in [-0.1, -0.05) is 18.2 Å². The predicted molar refractivity (Wildman–Crippen MR) is 91.0 cm³/mol. The molecular formula is C18H26FN3O2. The molecular weight excluding hydrogens is 309 g/mol. The summed E-state index contributed by atoms with van der Waals surface area (Å²) < 4.78 is 13.6. The Labute approximate surface area is 142 Å². The number of hydrogen-bond donors (Lipinski definition) is 1. The highest BCUT2D eigenvalue weighted by Gasteiger charge is 2.20. The summed E-state index contributed by atoms with van der Waals surface area (Å²) in [5.41, 5.74) is 0.768. The van der Waals surface area contributed by atoms with Gasteiger partial charge in [0, 0.05) is 46.1 Å². The second-order valence-corrected chi connectivity index (χ2v) is 6.15. The Balaban J connectivity index is 1.63. The van der Waals surface area contributed by atoms with Gasteiger partial charge in [-0.3, -0.25) is 14.5 Å². The van der Waals surface area contributed by atoms with E-state index in [9.17, 15) is 14.0 Å². The highest BCUT2D eigenvalue weighted by molar-refractivity contribution is 5.78. The van der Waals surface area contributed by atoms with Crippen LogP contribution in [0.4, 0.5) is 4.39 Å². The number of halogens is 1. The van der Waals surface area contributed by atoms with Crippen LogP contribution in [-0.4, -0.2) is 60.9 Å². The van der Waals surface area contributed by atoms with Crippen molar-refractivity contribution in [1.82, 2.24) is 15.1 Å². The fourth-order valence-electron chi connectivity index (χ4n) is 2.92. The Morgan fingerprint density at radius 2 is 1.88 bits per heavy atom. The first-order valence-electron chi connectivity index (χ1n) is 8.54. The van der Waals surface area contributed by atoms with Crippen LogP contribution >= 0.6 is 0 Å². The molecule has 132 valence electrons. The summed E-state index contributed by atoms with van der Waals surface area (Å²) in [6, 6.07) is 6.91. The molecule has 0 aromatic heterocycles. The number of carbonyl (C=O) groups is 2. The van der Waals surface area contributed by atoms with E-state index in [2.05, 4.69) is 10.2 Å². The summed E-state index contributed by atoms with van der Waals surface area (Å²) in [4.78, 5) is 27.0. The largest absolute Gasteiger partial charge is 0.356 e. The first kappa shape index (κ1) is 18.4. The lowest BCUT2D eigenvalue weighted by atomic mass is 10.1. The number of hydrogen-bond acceptors (Lipinski definition) is 3. The molecule has 5 nitrogen and oxygen atoms in total. The monoisotopic (exact) mass is 335 g/mol. The molecule has 0 spiro atoms. The molecule has 1 saturated heterocycles. The maximum atomic E-state index is 13.6. The van der Waals surface area contributed by atoms with E-state index in [-0.39, 0.29) is 17.6 Å². The van der Waals surface area contributed by atoms with E-state index in [1.54, 1.807) is 6.07 Å². The van der Waals surface area contributed by atoms with E-state index in [0.717, 1.165) is 51.1 Å². The van der Waals surface area contributed by atoms with Gasteiger partial charge in [-0.05, 0) is 31.0 Å². The lowest BCUT2D eigenvalue weighted by Gasteiger charge is -2.34. The molecule has 0 radical (unpaired) electrons. The zero-order chi connectivity index (χ0) is 17.4. The Kier molecular flexibility index (Phi) is 7.18. The molecule has 1 fully saturated rings. The quantitative estimate of drug-likeness (QED) is 0.820. The molecule has 0 bridgehead atoms. The minimum absolute atomic E-state index is 0.0924. The average Bonchev–Trinajstić information content (AvgIpc) is 2.57. The Bertz CT molecular complexity index is 557. The summed E-state index contributed by atoms with van der Waals surface area (Å²) in [6.45, 7) is 5.91. The number of carbonyl (C=O) groups excluding carboxylic acids is 2. The Morgan fingerprint density at radius 3 is 2.54 bits per heavy atom. The molecule has 1 aromatic carbocycles. The lowest BCUT2D eigenvalue weighted by Crippen LogP contribution is -2.49. The van der Waals surface area contributed by atoms with E-state index in [1.165, 1.54) is 13.0 Å². The molecule has 1 N–H and O–H groups in total. The molecule has 1 aliphatic rings. The minimum atomic E-state index is -0.132. The van der Waals surface area contributed by atoms with Gasteiger partial charge >= 0.3 is 0 Å². The topological polar surface area (TPSA) is 52.7 Å². The van der Waals surface area contributed by atoms with Gasteiger partial charge in [0.05, 0.1) is 0 Å². The molecule has 2 rings (SSSR count). The van der Waals surface area contributed by atoms with Crippen molar-refractivity contribution in [3.05, 3.63) is 35.6 Å². The number of nitrogens with one attached hydrogen (secondary N) is 1. The number of nitrogens with zero attached hydrogens (tertiary/aromatic N) is 2. The number of piperazine rings is 1. The van der Waals surface area contributed by atoms with Crippen LogP contribution in [0.15, 0.2) is 24.3 Å². The highest BCUT2D eigenvalue weighted by atomic mass is 19.1. The second kappa shape index (κ2) is 9.37. The fraction of sp³-hybridized carbons (Fsp3) is 0.556.